The molecule has 1 unspecified atom stereocenters. The number of aromatic nitrogens is 2. The molecule has 2 N–H and O–H groups in total. The monoisotopic (exact) mass is 457 g/mol. The Labute approximate surface area is 198 Å². The number of rotatable bonds is 8. The van der Waals surface area contributed by atoms with Crippen molar-refractivity contribution in [1.29, 1.82) is 0 Å². The van der Waals surface area contributed by atoms with Gasteiger partial charge < -0.3 is 20.3 Å². The van der Waals surface area contributed by atoms with E-state index < -0.39 is 0 Å². The summed E-state index contributed by atoms with van der Waals surface area (Å²) in [4.78, 5) is 35.9. The number of hydrogen-bond donors (Lipinski definition) is 2. The van der Waals surface area contributed by atoms with Crippen LogP contribution in [0, 0.1) is 0 Å². The Bertz CT molecular complexity index is 1160. The number of likely N-dealkylation sites (tertiary alicyclic amines) is 1. The van der Waals surface area contributed by atoms with Gasteiger partial charge in [0.25, 0.3) is 0 Å². The zero-order chi connectivity index (χ0) is 23.9. The van der Waals surface area contributed by atoms with Gasteiger partial charge >= 0.3 is 0 Å². The third-order valence-electron chi connectivity index (χ3n) is 5.66. The van der Waals surface area contributed by atoms with Crippen molar-refractivity contribution in [2.75, 3.05) is 30.8 Å². The molecule has 0 radical (unpaired) electrons. The smallest absolute Gasteiger partial charge is 0.246 e. The molecule has 2 heterocycles. The number of nitrogens with zero attached hydrogens (tertiary/aromatic N) is 3. The van der Waals surface area contributed by atoms with E-state index in [9.17, 15) is 9.59 Å². The Kier molecular flexibility index (Phi) is 7.17. The summed E-state index contributed by atoms with van der Waals surface area (Å²) in [6.45, 7) is 4.78. The first-order valence-electron chi connectivity index (χ1n) is 11.2. The average molecular weight is 458 g/mol. The summed E-state index contributed by atoms with van der Waals surface area (Å²) in [7, 11) is 1.71. The van der Waals surface area contributed by atoms with Crippen molar-refractivity contribution < 1.29 is 14.3 Å². The highest BCUT2D eigenvalue weighted by Gasteiger charge is 2.26. The van der Waals surface area contributed by atoms with Gasteiger partial charge in [-0.2, -0.15) is 0 Å². The Hall–Kier alpha value is -4.20. The fourth-order valence-corrected chi connectivity index (χ4v) is 3.96. The van der Waals surface area contributed by atoms with Crippen LogP contribution in [0.5, 0.6) is 11.5 Å². The summed E-state index contributed by atoms with van der Waals surface area (Å²) >= 11 is 0. The second kappa shape index (κ2) is 10.6. The van der Waals surface area contributed by atoms with Gasteiger partial charge in [0, 0.05) is 31.7 Å². The first-order valence-corrected chi connectivity index (χ1v) is 11.2. The van der Waals surface area contributed by atoms with Gasteiger partial charge in [0.2, 0.25) is 5.91 Å². The second-order valence-electron chi connectivity index (χ2n) is 7.94. The predicted molar refractivity (Wildman–Crippen MR) is 131 cm³/mol. The molecule has 0 saturated carbocycles. The minimum absolute atomic E-state index is 0.0366. The molecule has 0 spiro atoms. The third-order valence-corrected chi connectivity index (χ3v) is 5.66. The second-order valence-corrected chi connectivity index (χ2v) is 7.94. The first-order chi connectivity index (χ1) is 16.6. The van der Waals surface area contributed by atoms with Crippen LogP contribution in [0.1, 0.15) is 28.8 Å². The Morgan fingerprint density at radius 2 is 1.76 bits per heavy atom. The number of piperidine rings is 1. The lowest BCUT2D eigenvalue weighted by molar-refractivity contribution is -0.127. The van der Waals surface area contributed by atoms with E-state index in [1.165, 1.54) is 12.4 Å². The van der Waals surface area contributed by atoms with Crippen LogP contribution in [0.3, 0.4) is 0 Å². The Morgan fingerprint density at radius 3 is 2.47 bits per heavy atom. The topological polar surface area (TPSA) is 96.5 Å². The molecule has 174 valence electrons. The van der Waals surface area contributed by atoms with Crippen molar-refractivity contribution in [3.63, 3.8) is 0 Å². The molecular formula is C26H27N5O3. The standard InChI is InChI=1S/C26H27N5O3/c1-3-22(32)31-15-7-8-19(16-31)30-26-23(25(27-2)28-17-29-26)24(33)18-11-13-21(14-12-18)34-20-9-5-4-6-10-20/h3-6,9-14,17,19H,1,7-8,15-16H2,2H3,(H2,27,28,29,30). The minimum Gasteiger partial charge on any atom is -0.457 e. The summed E-state index contributed by atoms with van der Waals surface area (Å²) in [6.07, 6.45) is 4.45. The molecule has 1 amide bonds. The fraction of sp³-hybridized carbons (Fsp3) is 0.231. The normalized spacial score (nSPS) is 15.3. The number of para-hydroxylation sites is 1. The van der Waals surface area contributed by atoms with E-state index in [-0.39, 0.29) is 17.7 Å². The number of ketones is 1. The Morgan fingerprint density at radius 1 is 1.06 bits per heavy atom. The maximum Gasteiger partial charge on any atom is 0.246 e. The maximum atomic E-state index is 13.5. The number of carbonyl (C=O) groups excluding carboxylic acids is 2. The lowest BCUT2D eigenvalue weighted by Crippen LogP contribution is -2.44. The van der Waals surface area contributed by atoms with Crippen LogP contribution in [-0.4, -0.2) is 52.7 Å². The van der Waals surface area contributed by atoms with Gasteiger partial charge in [0.15, 0.2) is 5.78 Å². The molecule has 1 aliphatic heterocycles. The van der Waals surface area contributed by atoms with Gasteiger partial charge in [-0.1, -0.05) is 24.8 Å². The summed E-state index contributed by atoms with van der Waals surface area (Å²) in [5.41, 5.74) is 0.843. The molecule has 1 atom stereocenters. The van der Waals surface area contributed by atoms with Crippen LogP contribution in [0.15, 0.2) is 73.6 Å². The van der Waals surface area contributed by atoms with E-state index in [0.29, 0.717) is 41.6 Å². The lowest BCUT2D eigenvalue weighted by atomic mass is 10.0. The largest absolute Gasteiger partial charge is 0.457 e. The van der Waals surface area contributed by atoms with Crippen LogP contribution >= 0.6 is 0 Å². The van der Waals surface area contributed by atoms with Crippen LogP contribution in [0.25, 0.3) is 0 Å². The fourth-order valence-electron chi connectivity index (χ4n) is 3.96. The van der Waals surface area contributed by atoms with Crippen LogP contribution < -0.4 is 15.4 Å². The molecule has 1 aromatic heterocycles. The molecule has 8 heteroatoms. The number of anilines is 2. The molecule has 1 saturated heterocycles. The van der Waals surface area contributed by atoms with Gasteiger partial charge in [0.05, 0.1) is 0 Å². The number of benzene rings is 2. The highest BCUT2D eigenvalue weighted by Crippen LogP contribution is 2.27. The minimum atomic E-state index is -0.214. The lowest BCUT2D eigenvalue weighted by Gasteiger charge is -2.33. The molecule has 1 fully saturated rings. The zero-order valence-corrected chi connectivity index (χ0v) is 19.0. The van der Waals surface area contributed by atoms with Crippen molar-refractivity contribution in [2.45, 2.75) is 18.9 Å². The van der Waals surface area contributed by atoms with Gasteiger partial charge in [-0.25, -0.2) is 9.97 Å². The van der Waals surface area contributed by atoms with Crippen molar-refractivity contribution in [1.82, 2.24) is 14.9 Å². The number of hydrogen-bond acceptors (Lipinski definition) is 7. The molecule has 34 heavy (non-hydrogen) atoms. The zero-order valence-electron chi connectivity index (χ0n) is 19.0. The van der Waals surface area contributed by atoms with Crippen LogP contribution in [-0.2, 0) is 4.79 Å². The van der Waals surface area contributed by atoms with Crippen LogP contribution in [0.4, 0.5) is 11.6 Å². The van der Waals surface area contributed by atoms with E-state index in [1.807, 2.05) is 30.3 Å². The maximum absolute atomic E-state index is 13.5. The number of ether oxygens (including phenoxy) is 1. The molecule has 1 aliphatic rings. The Balaban J connectivity index is 1.55. The molecular weight excluding hydrogens is 430 g/mol. The van der Waals surface area contributed by atoms with Crippen LogP contribution in [0.2, 0.25) is 0 Å². The third kappa shape index (κ3) is 5.23. The number of nitrogens with one attached hydrogen (secondary N) is 2. The number of carbonyl (C=O) groups is 2. The molecule has 4 rings (SSSR count). The highest BCUT2D eigenvalue weighted by molar-refractivity contribution is 6.14. The summed E-state index contributed by atoms with van der Waals surface area (Å²) in [5.74, 6) is 1.91. The average Bonchev–Trinajstić information content (AvgIpc) is 2.89. The summed E-state index contributed by atoms with van der Waals surface area (Å²) < 4.78 is 5.83. The SMILES string of the molecule is C=CC(=O)N1CCCC(Nc2ncnc(NC)c2C(=O)c2ccc(Oc3ccccc3)cc2)C1. The predicted octanol–water partition coefficient (Wildman–Crippen LogP) is 4.13. The van der Waals surface area contributed by atoms with E-state index in [4.69, 9.17) is 4.74 Å². The van der Waals surface area contributed by atoms with E-state index >= 15 is 0 Å². The number of amides is 1. The molecule has 3 aromatic rings. The quantitative estimate of drug-likeness (QED) is 0.388. The van der Waals surface area contributed by atoms with Gasteiger partial charge in [-0.3, -0.25) is 9.59 Å². The van der Waals surface area contributed by atoms with Crippen molar-refractivity contribution in [2.24, 2.45) is 0 Å². The first kappa shape index (κ1) is 23.0. The summed E-state index contributed by atoms with van der Waals surface area (Å²) in [5, 5.41) is 6.35. The van der Waals surface area contributed by atoms with Gasteiger partial charge in [-0.15, -0.1) is 0 Å². The van der Waals surface area contributed by atoms with E-state index in [0.717, 1.165) is 18.6 Å². The van der Waals surface area contributed by atoms with Crippen molar-refractivity contribution in [3.8, 4) is 11.5 Å². The molecule has 8 nitrogen and oxygen atoms in total. The van der Waals surface area contributed by atoms with Gasteiger partial charge in [0.1, 0.15) is 35.0 Å². The summed E-state index contributed by atoms with van der Waals surface area (Å²) in [6, 6.07) is 16.4. The molecule has 2 aromatic carbocycles. The van der Waals surface area contributed by atoms with Crippen molar-refractivity contribution >= 4 is 23.3 Å². The van der Waals surface area contributed by atoms with E-state index in [2.05, 4.69) is 27.2 Å². The molecule has 0 aliphatic carbocycles. The van der Waals surface area contributed by atoms with E-state index in [1.54, 1.807) is 36.2 Å². The van der Waals surface area contributed by atoms with Crippen molar-refractivity contribution in [3.05, 3.63) is 84.7 Å². The molecule has 0 bridgehead atoms. The highest BCUT2D eigenvalue weighted by atomic mass is 16.5. The van der Waals surface area contributed by atoms with Gasteiger partial charge in [-0.05, 0) is 55.3 Å².